The number of nitrogens with zero attached hydrogens (tertiary/aromatic N) is 1. The van der Waals surface area contributed by atoms with E-state index >= 15 is 0 Å². The van der Waals surface area contributed by atoms with E-state index in [4.69, 9.17) is 16.3 Å². The molecule has 0 aromatic heterocycles. The maximum absolute atomic E-state index is 12.8. The Morgan fingerprint density at radius 1 is 1.30 bits per heavy atom. The fourth-order valence-electron chi connectivity index (χ4n) is 3.05. The van der Waals surface area contributed by atoms with E-state index in [2.05, 4.69) is 5.32 Å². The van der Waals surface area contributed by atoms with Gasteiger partial charge in [-0.05, 0) is 30.2 Å². The molecule has 27 heavy (non-hydrogen) atoms. The van der Waals surface area contributed by atoms with Crippen LogP contribution in [0.5, 0.6) is 5.75 Å². The van der Waals surface area contributed by atoms with Crippen LogP contribution in [0.15, 0.2) is 48.5 Å². The first kappa shape index (κ1) is 19.5. The monoisotopic (exact) mass is 408 g/mol. The molecule has 1 heterocycles. The van der Waals surface area contributed by atoms with E-state index in [9.17, 15) is 13.2 Å². The summed E-state index contributed by atoms with van der Waals surface area (Å²) in [6.45, 7) is 1.86. The van der Waals surface area contributed by atoms with Crippen LogP contribution in [-0.4, -0.2) is 33.2 Å². The van der Waals surface area contributed by atoms with Crippen LogP contribution >= 0.6 is 11.6 Å². The molecule has 1 N–H and O–H groups in total. The number of fused-ring (bicyclic) bond motifs is 1. The number of carbonyl (C=O) groups is 1. The zero-order valence-electron chi connectivity index (χ0n) is 15.1. The first-order chi connectivity index (χ1) is 12.8. The highest BCUT2D eigenvalue weighted by molar-refractivity contribution is 7.92. The molecular formula is C19H21ClN2O4S. The van der Waals surface area contributed by atoms with Crippen LogP contribution in [-0.2, 0) is 14.8 Å². The molecule has 0 saturated heterocycles. The number of sulfonamides is 1. The summed E-state index contributed by atoms with van der Waals surface area (Å²) in [5, 5.41) is 3.35. The third kappa shape index (κ3) is 4.36. The number of rotatable bonds is 5. The molecular weight excluding hydrogens is 388 g/mol. The number of halogens is 1. The molecule has 2 atom stereocenters. The Labute approximate surface area is 164 Å². The van der Waals surface area contributed by atoms with Gasteiger partial charge in [0.25, 0.3) is 5.91 Å². The SMILES string of the molecule is CC[C@H](NC(=O)[C@H]1CN(S(C)(=O)=O)c2cc(Cl)ccc2O1)c1ccccc1. The molecule has 0 bridgehead atoms. The van der Waals surface area contributed by atoms with Crippen LogP contribution in [0.1, 0.15) is 24.9 Å². The maximum atomic E-state index is 12.8. The predicted octanol–water partition coefficient (Wildman–Crippen LogP) is 3.13. The summed E-state index contributed by atoms with van der Waals surface area (Å²) in [4.78, 5) is 12.8. The number of benzene rings is 2. The van der Waals surface area contributed by atoms with Gasteiger partial charge in [-0.2, -0.15) is 0 Å². The van der Waals surface area contributed by atoms with E-state index in [1.807, 2.05) is 37.3 Å². The van der Waals surface area contributed by atoms with Gasteiger partial charge < -0.3 is 10.1 Å². The Bertz CT molecular complexity index is 934. The van der Waals surface area contributed by atoms with Crippen LogP contribution in [0.25, 0.3) is 0 Å². The van der Waals surface area contributed by atoms with E-state index in [0.717, 1.165) is 16.1 Å². The molecule has 0 aliphatic carbocycles. The molecule has 2 aromatic rings. The molecule has 1 aliphatic rings. The highest BCUT2D eigenvalue weighted by Crippen LogP contribution is 2.37. The first-order valence-electron chi connectivity index (χ1n) is 8.59. The molecule has 6 nitrogen and oxygen atoms in total. The minimum Gasteiger partial charge on any atom is -0.476 e. The zero-order valence-corrected chi connectivity index (χ0v) is 16.6. The second-order valence-corrected chi connectivity index (χ2v) is 8.74. The average molecular weight is 409 g/mol. The molecule has 0 saturated carbocycles. The van der Waals surface area contributed by atoms with Crippen LogP contribution in [0.4, 0.5) is 5.69 Å². The van der Waals surface area contributed by atoms with Crippen LogP contribution < -0.4 is 14.4 Å². The van der Waals surface area contributed by atoms with Gasteiger partial charge in [-0.3, -0.25) is 9.10 Å². The Morgan fingerprint density at radius 2 is 2.00 bits per heavy atom. The summed E-state index contributed by atoms with van der Waals surface area (Å²) in [7, 11) is -3.59. The van der Waals surface area contributed by atoms with E-state index in [1.54, 1.807) is 12.1 Å². The van der Waals surface area contributed by atoms with Gasteiger partial charge in [-0.1, -0.05) is 48.9 Å². The molecule has 144 valence electrons. The van der Waals surface area contributed by atoms with E-state index in [1.165, 1.54) is 6.07 Å². The first-order valence-corrected chi connectivity index (χ1v) is 10.8. The average Bonchev–Trinajstić information content (AvgIpc) is 2.64. The van der Waals surface area contributed by atoms with Crippen molar-refractivity contribution in [3.8, 4) is 5.75 Å². The molecule has 3 rings (SSSR count). The minimum atomic E-state index is -3.59. The summed E-state index contributed by atoms with van der Waals surface area (Å²) in [6.07, 6.45) is 0.840. The molecule has 1 aliphatic heterocycles. The number of ether oxygens (including phenoxy) is 1. The second kappa shape index (κ2) is 7.78. The van der Waals surface area contributed by atoms with Crippen molar-refractivity contribution in [2.24, 2.45) is 0 Å². The second-order valence-electron chi connectivity index (χ2n) is 6.39. The molecule has 0 fully saturated rings. The normalized spacial score (nSPS) is 17.6. The Morgan fingerprint density at radius 3 is 2.63 bits per heavy atom. The third-order valence-electron chi connectivity index (χ3n) is 4.41. The summed E-state index contributed by atoms with van der Waals surface area (Å²) in [5.41, 5.74) is 1.32. The molecule has 0 radical (unpaired) electrons. The standard InChI is InChI=1S/C19H21ClN2O4S/c1-3-15(13-7-5-4-6-8-13)21-19(23)18-12-22(27(2,24)25)16-11-14(20)9-10-17(16)26-18/h4-11,15,18H,3,12H2,1-2H3,(H,21,23)/t15-,18+/m0/s1. The number of carbonyl (C=O) groups excluding carboxylic acids is 1. The lowest BCUT2D eigenvalue weighted by Crippen LogP contribution is -2.51. The van der Waals surface area contributed by atoms with E-state index in [0.29, 0.717) is 22.9 Å². The lowest BCUT2D eigenvalue weighted by molar-refractivity contribution is -0.128. The van der Waals surface area contributed by atoms with Gasteiger partial charge in [-0.25, -0.2) is 8.42 Å². The number of nitrogens with one attached hydrogen (secondary N) is 1. The van der Waals surface area contributed by atoms with Crippen molar-refractivity contribution >= 4 is 33.2 Å². The fourth-order valence-corrected chi connectivity index (χ4v) is 4.12. The number of hydrogen-bond acceptors (Lipinski definition) is 4. The number of anilines is 1. The summed E-state index contributed by atoms with van der Waals surface area (Å²) in [5.74, 6) is -0.0519. The predicted molar refractivity (Wildman–Crippen MR) is 106 cm³/mol. The van der Waals surface area contributed by atoms with Crippen molar-refractivity contribution in [2.75, 3.05) is 17.1 Å². The largest absolute Gasteiger partial charge is 0.476 e. The van der Waals surface area contributed by atoms with Crippen molar-refractivity contribution in [2.45, 2.75) is 25.5 Å². The van der Waals surface area contributed by atoms with Gasteiger partial charge in [0.2, 0.25) is 10.0 Å². The molecule has 0 unspecified atom stereocenters. The van der Waals surface area contributed by atoms with Crippen molar-refractivity contribution in [1.82, 2.24) is 5.32 Å². The lowest BCUT2D eigenvalue weighted by atomic mass is 10.0. The highest BCUT2D eigenvalue weighted by atomic mass is 35.5. The zero-order chi connectivity index (χ0) is 19.6. The van der Waals surface area contributed by atoms with Crippen molar-refractivity contribution in [3.05, 3.63) is 59.1 Å². The van der Waals surface area contributed by atoms with E-state index in [-0.39, 0.29) is 18.5 Å². The molecule has 0 spiro atoms. The summed E-state index contributed by atoms with van der Waals surface area (Å²) in [6, 6.07) is 14.1. The van der Waals surface area contributed by atoms with Crippen LogP contribution in [0.2, 0.25) is 5.02 Å². The molecule has 2 aromatic carbocycles. The fraction of sp³-hybridized carbons (Fsp3) is 0.316. The highest BCUT2D eigenvalue weighted by Gasteiger charge is 2.35. The smallest absolute Gasteiger partial charge is 0.263 e. The van der Waals surface area contributed by atoms with E-state index < -0.39 is 16.1 Å². The van der Waals surface area contributed by atoms with Crippen molar-refractivity contribution in [1.29, 1.82) is 0 Å². The summed E-state index contributed by atoms with van der Waals surface area (Å²) >= 11 is 5.99. The Kier molecular flexibility index (Phi) is 5.62. The maximum Gasteiger partial charge on any atom is 0.263 e. The van der Waals surface area contributed by atoms with Crippen LogP contribution in [0, 0.1) is 0 Å². The summed E-state index contributed by atoms with van der Waals surface area (Å²) < 4.78 is 31.4. The van der Waals surface area contributed by atoms with Gasteiger partial charge >= 0.3 is 0 Å². The third-order valence-corrected chi connectivity index (χ3v) is 5.79. The topological polar surface area (TPSA) is 75.7 Å². The lowest BCUT2D eigenvalue weighted by Gasteiger charge is -2.34. The molecule has 8 heteroatoms. The van der Waals surface area contributed by atoms with Gasteiger partial charge in [0.1, 0.15) is 5.75 Å². The quantitative estimate of drug-likeness (QED) is 0.824. The number of hydrogen-bond donors (Lipinski definition) is 1. The van der Waals surface area contributed by atoms with Gasteiger partial charge in [0.05, 0.1) is 24.5 Å². The molecule has 1 amide bonds. The van der Waals surface area contributed by atoms with Gasteiger partial charge in [-0.15, -0.1) is 0 Å². The number of amides is 1. The Hall–Kier alpha value is -2.25. The Balaban J connectivity index is 1.85. The van der Waals surface area contributed by atoms with Gasteiger partial charge in [0, 0.05) is 5.02 Å². The van der Waals surface area contributed by atoms with Crippen LogP contribution in [0.3, 0.4) is 0 Å². The van der Waals surface area contributed by atoms with Crippen molar-refractivity contribution in [3.63, 3.8) is 0 Å². The van der Waals surface area contributed by atoms with Gasteiger partial charge in [0.15, 0.2) is 6.10 Å². The minimum absolute atomic E-state index is 0.108. The van der Waals surface area contributed by atoms with Crippen molar-refractivity contribution < 1.29 is 17.9 Å².